The third kappa shape index (κ3) is 3.04. The number of aromatic nitrogens is 1. The summed E-state index contributed by atoms with van der Waals surface area (Å²) in [6.07, 6.45) is 5.72. The first kappa shape index (κ1) is 14.5. The molecule has 0 bridgehead atoms. The van der Waals surface area contributed by atoms with Gasteiger partial charge in [-0.25, -0.2) is 0 Å². The van der Waals surface area contributed by atoms with Crippen molar-refractivity contribution in [3.05, 3.63) is 47.4 Å². The van der Waals surface area contributed by atoms with Gasteiger partial charge in [-0.15, -0.1) is 11.3 Å². The topological polar surface area (TPSA) is 58.5 Å². The zero-order valence-corrected chi connectivity index (χ0v) is 13.5. The SMILES string of the molecule is O=C(c1cc2[nH]ccc2s1)N(Cc1ccco1)C[C@H]1CCCO1. The molecular formula is C17H18N2O3S. The predicted octanol–water partition coefficient (Wildman–Crippen LogP) is 3.64. The smallest absolute Gasteiger partial charge is 0.264 e. The Labute approximate surface area is 137 Å². The van der Waals surface area contributed by atoms with E-state index in [0.29, 0.717) is 13.1 Å². The normalized spacial score (nSPS) is 17.8. The van der Waals surface area contributed by atoms with Gasteiger partial charge in [-0.2, -0.15) is 0 Å². The zero-order valence-electron chi connectivity index (χ0n) is 12.7. The van der Waals surface area contributed by atoms with Crippen molar-refractivity contribution in [2.24, 2.45) is 0 Å². The van der Waals surface area contributed by atoms with Crippen LogP contribution in [0.4, 0.5) is 0 Å². The summed E-state index contributed by atoms with van der Waals surface area (Å²) in [5.41, 5.74) is 1.01. The Kier molecular flexibility index (Phi) is 3.93. The molecule has 6 heteroatoms. The van der Waals surface area contributed by atoms with Crippen LogP contribution in [0.1, 0.15) is 28.3 Å². The number of hydrogen-bond donors (Lipinski definition) is 1. The molecule has 3 aromatic heterocycles. The first-order valence-corrected chi connectivity index (χ1v) is 8.61. The van der Waals surface area contributed by atoms with Gasteiger partial charge in [-0.05, 0) is 37.1 Å². The van der Waals surface area contributed by atoms with Gasteiger partial charge in [0.2, 0.25) is 0 Å². The fraction of sp³-hybridized carbons (Fsp3) is 0.353. The summed E-state index contributed by atoms with van der Waals surface area (Å²) in [6.45, 7) is 1.86. The highest BCUT2D eigenvalue weighted by molar-refractivity contribution is 7.20. The monoisotopic (exact) mass is 330 g/mol. The average molecular weight is 330 g/mol. The quantitative estimate of drug-likeness (QED) is 0.777. The average Bonchev–Trinajstić information content (AvgIpc) is 3.30. The van der Waals surface area contributed by atoms with Crippen LogP contribution in [-0.4, -0.2) is 35.0 Å². The molecule has 3 aromatic rings. The third-order valence-corrected chi connectivity index (χ3v) is 5.20. The first-order valence-electron chi connectivity index (χ1n) is 7.80. The fourth-order valence-corrected chi connectivity index (χ4v) is 3.95. The van der Waals surface area contributed by atoms with Crippen molar-refractivity contribution in [2.75, 3.05) is 13.2 Å². The lowest BCUT2D eigenvalue weighted by Gasteiger charge is -2.24. The van der Waals surface area contributed by atoms with Crippen molar-refractivity contribution < 1.29 is 13.9 Å². The van der Waals surface area contributed by atoms with Gasteiger partial charge in [-0.3, -0.25) is 4.79 Å². The molecule has 0 aliphatic carbocycles. The Morgan fingerprint density at radius 2 is 2.39 bits per heavy atom. The predicted molar refractivity (Wildman–Crippen MR) is 88.6 cm³/mol. The number of nitrogens with zero attached hydrogens (tertiary/aromatic N) is 1. The second-order valence-corrected chi connectivity index (χ2v) is 6.85. The highest BCUT2D eigenvalue weighted by Crippen LogP contribution is 2.26. The van der Waals surface area contributed by atoms with E-state index >= 15 is 0 Å². The lowest BCUT2D eigenvalue weighted by Crippen LogP contribution is -2.36. The van der Waals surface area contributed by atoms with E-state index in [9.17, 15) is 4.79 Å². The number of ether oxygens (including phenoxy) is 1. The van der Waals surface area contributed by atoms with Gasteiger partial charge >= 0.3 is 0 Å². The lowest BCUT2D eigenvalue weighted by molar-refractivity contribution is 0.0495. The van der Waals surface area contributed by atoms with E-state index in [2.05, 4.69) is 4.98 Å². The molecule has 0 unspecified atom stereocenters. The number of hydrogen-bond acceptors (Lipinski definition) is 4. The number of amides is 1. The molecular weight excluding hydrogens is 312 g/mol. The standard InChI is InChI=1S/C17H18N2O3S/c20-17(16-9-14-15(23-16)5-6-18-14)19(10-12-3-1-7-21-12)11-13-4-2-8-22-13/h1,3,5-7,9,13,18H,2,4,8,10-11H2/t13-/m1/s1. The number of thiophene rings is 1. The summed E-state index contributed by atoms with van der Waals surface area (Å²) in [6, 6.07) is 7.66. The van der Waals surface area contributed by atoms with E-state index in [1.54, 1.807) is 6.26 Å². The Hall–Kier alpha value is -2.05. The molecule has 120 valence electrons. The summed E-state index contributed by atoms with van der Waals surface area (Å²) < 4.78 is 12.2. The summed E-state index contributed by atoms with van der Waals surface area (Å²) >= 11 is 1.52. The molecule has 4 rings (SSSR count). The van der Waals surface area contributed by atoms with E-state index in [-0.39, 0.29) is 12.0 Å². The number of H-pyrrole nitrogens is 1. The van der Waals surface area contributed by atoms with E-state index in [1.807, 2.05) is 35.4 Å². The minimum Gasteiger partial charge on any atom is -0.467 e. The number of rotatable bonds is 5. The van der Waals surface area contributed by atoms with Crippen LogP contribution in [0.15, 0.2) is 41.1 Å². The second kappa shape index (κ2) is 6.22. The van der Waals surface area contributed by atoms with Crippen molar-refractivity contribution in [3.63, 3.8) is 0 Å². The molecule has 0 saturated carbocycles. The molecule has 1 atom stereocenters. The van der Waals surface area contributed by atoms with Crippen molar-refractivity contribution in [1.29, 1.82) is 0 Å². The minimum atomic E-state index is 0.0338. The highest BCUT2D eigenvalue weighted by Gasteiger charge is 2.25. The number of fused-ring (bicyclic) bond motifs is 1. The number of carbonyl (C=O) groups excluding carboxylic acids is 1. The van der Waals surface area contributed by atoms with Crippen molar-refractivity contribution in [1.82, 2.24) is 9.88 Å². The summed E-state index contributed by atoms with van der Waals surface area (Å²) in [7, 11) is 0. The van der Waals surface area contributed by atoms with E-state index in [0.717, 1.165) is 40.3 Å². The molecule has 4 heterocycles. The van der Waals surface area contributed by atoms with Crippen molar-refractivity contribution >= 4 is 27.5 Å². The van der Waals surface area contributed by atoms with Gasteiger partial charge in [-0.1, -0.05) is 0 Å². The van der Waals surface area contributed by atoms with Crippen LogP contribution in [-0.2, 0) is 11.3 Å². The maximum atomic E-state index is 13.0. The molecule has 1 aliphatic heterocycles. The van der Waals surface area contributed by atoms with E-state index < -0.39 is 0 Å². The summed E-state index contributed by atoms with van der Waals surface area (Å²) in [4.78, 5) is 18.7. The van der Waals surface area contributed by atoms with Gasteiger partial charge in [0.15, 0.2) is 0 Å². The lowest BCUT2D eigenvalue weighted by atomic mass is 10.2. The zero-order chi connectivity index (χ0) is 15.6. The van der Waals surface area contributed by atoms with Gasteiger partial charge in [0, 0.05) is 19.3 Å². The van der Waals surface area contributed by atoms with E-state index in [4.69, 9.17) is 9.15 Å². The Balaban J connectivity index is 1.57. The van der Waals surface area contributed by atoms with Gasteiger partial charge < -0.3 is 19.0 Å². The molecule has 1 saturated heterocycles. The molecule has 1 fully saturated rings. The number of carbonyl (C=O) groups is 1. The maximum Gasteiger partial charge on any atom is 0.264 e. The van der Waals surface area contributed by atoms with Crippen LogP contribution in [0.2, 0.25) is 0 Å². The molecule has 1 N–H and O–H groups in total. The van der Waals surface area contributed by atoms with Crippen LogP contribution < -0.4 is 0 Å². The Morgan fingerprint density at radius 1 is 1.43 bits per heavy atom. The Morgan fingerprint density at radius 3 is 3.13 bits per heavy atom. The van der Waals surface area contributed by atoms with Crippen LogP contribution >= 0.6 is 11.3 Å². The maximum absolute atomic E-state index is 13.0. The molecule has 0 aromatic carbocycles. The van der Waals surface area contributed by atoms with Gasteiger partial charge in [0.25, 0.3) is 5.91 Å². The molecule has 5 nitrogen and oxygen atoms in total. The van der Waals surface area contributed by atoms with Gasteiger partial charge in [0.05, 0.1) is 34.0 Å². The molecule has 1 aliphatic rings. The second-order valence-electron chi connectivity index (χ2n) is 5.77. The highest BCUT2D eigenvalue weighted by atomic mass is 32.1. The number of aromatic amines is 1. The molecule has 0 spiro atoms. The molecule has 1 amide bonds. The van der Waals surface area contributed by atoms with Crippen molar-refractivity contribution in [3.8, 4) is 0 Å². The first-order chi connectivity index (χ1) is 11.3. The summed E-state index contributed by atoms with van der Waals surface area (Å²) in [5.74, 6) is 0.824. The number of nitrogens with one attached hydrogen (secondary N) is 1. The Bertz CT molecular complexity index is 755. The molecule has 0 radical (unpaired) electrons. The van der Waals surface area contributed by atoms with Crippen molar-refractivity contribution in [2.45, 2.75) is 25.5 Å². The van der Waals surface area contributed by atoms with Crippen LogP contribution in [0.25, 0.3) is 10.2 Å². The van der Waals surface area contributed by atoms with Gasteiger partial charge in [0.1, 0.15) is 5.76 Å². The third-order valence-electron chi connectivity index (χ3n) is 4.11. The van der Waals surface area contributed by atoms with E-state index in [1.165, 1.54) is 11.3 Å². The minimum absolute atomic E-state index is 0.0338. The largest absolute Gasteiger partial charge is 0.467 e. The molecule has 23 heavy (non-hydrogen) atoms. The van der Waals surface area contributed by atoms with Crippen LogP contribution in [0.3, 0.4) is 0 Å². The fourth-order valence-electron chi connectivity index (χ4n) is 2.95. The summed E-state index contributed by atoms with van der Waals surface area (Å²) in [5, 5.41) is 0. The van der Waals surface area contributed by atoms with Crippen LogP contribution in [0, 0.1) is 0 Å². The van der Waals surface area contributed by atoms with Crippen LogP contribution in [0.5, 0.6) is 0 Å². The number of furan rings is 1.